The first-order valence-corrected chi connectivity index (χ1v) is 7.88. The zero-order valence-electron chi connectivity index (χ0n) is 10.6. The summed E-state index contributed by atoms with van der Waals surface area (Å²) in [6.45, 7) is 2.88. The summed E-state index contributed by atoms with van der Waals surface area (Å²) in [7, 11) is 4.06. The lowest BCUT2D eigenvalue weighted by molar-refractivity contribution is 0.728. The number of halogens is 2. The lowest BCUT2D eigenvalue weighted by Gasteiger charge is -2.19. The summed E-state index contributed by atoms with van der Waals surface area (Å²) in [5.74, 6) is 1.15. The minimum absolute atomic E-state index is 0.817. The second-order valence-electron chi connectivity index (χ2n) is 4.21. The van der Waals surface area contributed by atoms with Crippen LogP contribution >= 0.6 is 38.9 Å². The normalized spacial score (nSPS) is 10.9. The van der Waals surface area contributed by atoms with Crippen LogP contribution in [0.2, 0.25) is 4.34 Å². The van der Waals surface area contributed by atoms with Crippen LogP contribution in [-0.2, 0) is 18.9 Å². The highest BCUT2D eigenvalue weighted by Crippen LogP contribution is 2.28. The summed E-state index contributed by atoms with van der Waals surface area (Å²) in [5.41, 5.74) is 2.31. The molecule has 0 N–H and O–H groups in total. The molecule has 0 saturated carbocycles. The zero-order valence-corrected chi connectivity index (χ0v) is 13.7. The first-order chi connectivity index (χ1) is 8.52. The Hall–Kier alpha value is -0.520. The Morgan fingerprint density at radius 3 is 2.78 bits per heavy atom. The van der Waals surface area contributed by atoms with Crippen LogP contribution in [0, 0.1) is 6.92 Å². The van der Waals surface area contributed by atoms with E-state index in [2.05, 4.69) is 39.0 Å². The molecule has 0 atom stereocenters. The van der Waals surface area contributed by atoms with Crippen LogP contribution in [0.15, 0.2) is 12.1 Å². The summed E-state index contributed by atoms with van der Waals surface area (Å²) in [6.07, 6.45) is 0. The molecule has 98 valence electrons. The number of anilines is 1. The minimum Gasteiger partial charge on any atom is -0.354 e. The number of hydrogen-bond donors (Lipinski definition) is 0. The predicted molar refractivity (Wildman–Crippen MR) is 82.0 cm³/mol. The molecule has 0 amide bonds. The van der Waals surface area contributed by atoms with Crippen molar-refractivity contribution in [1.82, 2.24) is 9.78 Å². The molecule has 6 heteroatoms. The Balaban J connectivity index is 2.25. The van der Waals surface area contributed by atoms with E-state index in [0.29, 0.717) is 0 Å². The summed E-state index contributed by atoms with van der Waals surface area (Å²) < 4.78 is 2.77. The van der Waals surface area contributed by atoms with Crippen LogP contribution < -0.4 is 4.90 Å². The van der Waals surface area contributed by atoms with Crippen LogP contribution in [-0.4, -0.2) is 16.8 Å². The van der Waals surface area contributed by atoms with Gasteiger partial charge in [0.25, 0.3) is 0 Å². The predicted octanol–water partition coefficient (Wildman–Crippen LogP) is 3.97. The average molecular weight is 349 g/mol. The zero-order chi connectivity index (χ0) is 13.3. The van der Waals surface area contributed by atoms with Gasteiger partial charge in [0.1, 0.15) is 5.82 Å². The number of alkyl halides is 1. The maximum absolute atomic E-state index is 5.96. The maximum atomic E-state index is 5.96. The van der Waals surface area contributed by atoms with Gasteiger partial charge in [-0.25, -0.2) is 0 Å². The fraction of sp³-hybridized carbons (Fsp3) is 0.417. The van der Waals surface area contributed by atoms with Gasteiger partial charge in [-0.2, -0.15) is 5.10 Å². The van der Waals surface area contributed by atoms with Crippen molar-refractivity contribution in [2.75, 3.05) is 11.9 Å². The maximum Gasteiger partial charge on any atom is 0.130 e. The first-order valence-electron chi connectivity index (χ1n) is 5.56. The first kappa shape index (κ1) is 13.9. The van der Waals surface area contributed by atoms with Gasteiger partial charge >= 0.3 is 0 Å². The van der Waals surface area contributed by atoms with E-state index in [4.69, 9.17) is 11.6 Å². The molecule has 18 heavy (non-hydrogen) atoms. The topological polar surface area (TPSA) is 21.1 Å². The van der Waals surface area contributed by atoms with E-state index < -0.39 is 0 Å². The molecule has 0 aliphatic heterocycles. The standard InChI is InChI=1S/C12H15BrClN3S/c1-8-10(6-13)12(17(3)15-8)16(2)7-9-4-5-11(14)18-9/h4-5H,6-7H2,1-3H3. The molecule has 0 radical (unpaired) electrons. The third-order valence-corrected chi connectivity index (χ3v) is 4.61. The van der Waals surface area contributed by atoms with E-state index in [9.17, 15) is 0 Å². The lowest BCUT2D eigenvalue weighted by Crippen LogP contribution is -2.19. The molecule has 2 aromatic heterocycles. The molecular formula is C12H15BrClN3S. The van der Waals surface area contributed by atoms with Gasteiger partial charge in [0.15, 0.2) is 0 Å². The minimum atomic E-state index is 0.817. The van der Waals surface area contributed by atoms with E-state index in [1.165, 1.54) is 10.4 Å². The van der Waals surface area contributed by atoms with Crippen LogP contribution in [0.4, 0.5) is 5.82 Å². The number of aromatic nitrogens is 2. The molecule has 0 aliphatic carbocycles. The molecule has 0 fully saturated rings. The van der Waals surface area contributed by atoms with Crippen LogP contribution in [0.25, 0.3) is 0 Å². The molecule has 0 spiro atoms. The summed E-state index contributed by atoms with van der Waals surface area (Å²) in [4.78, 5) is 3.46. The van der Waals surface area contributed by atoms with E-state index in [1.54, 1.807) is 11.3 Å². The van der Waals surface area contributed by atoms with Gasteiger partial charge in [0.2, 0.25) is 0 Å². The molecule has 0 saturated heterocycles. The monoisotopic (exact) mass is 347 g/mol. The largest absolute Gasteiger partial charge is 0.354 e. The highest BCUT2D eigenvalue weighted by atomic mass is 79.9. The molecule has 0 aromatic carbocycles. The number of nitrogens with zero attached hydrogens (tertiary/aromatic N) is 3. The van der Waals surface area contributed by atoms with Crippen LogP contribution in [0.3, 0.4) is 0 Å². The number of aryl methyl sites for hydroxylation is 2. The molecule has 0 aliphatic rings. The van der Waals surface area contributed by atoms with Crippen molar-refractivity contribution in [1.29, 1.82) is 0 Å². The molecular weight excluding hydrogens is 334 g/mol. The molecule has 0 unspecified atom stereocenters. The molecule has 2 rings (SSSR count). The Kier molecular flexibility index (Phi) is 4.35. The third kappa shape index (κ3) is 2.73. The summed E-state index contributed by atoms with van der Waals surface area (Å²) in [6, 6.07) is 4.01. The molecule has 2 aromatic rings. The van der Waals surface area contributed by atoms with Crippen molar-refractivity contribution < 1.29 is 0 Å². The Morgan fingerprint density at radius 1 is 1.50 bits per heavy atom. The Morgan fingerprint density at radius 2 is 2.22 bits per heavy atom. The van der Waals surface area contributed by atoms with Crippen molar-refractivity contribution >= 4 is 44.7 Å². The molecule has 3 nitrogen and oxygen atoms in total. The van der Waals surface area contributed by atoms with Crippen molar-refractivity contribution in [3.63, 3.8) is 0 Å². The fourth-order valence-corrected chi connectivity index (χ4v) is 3.87. The van der Waals surface area contributed by atoms with Crippen molar-refractivity contribution in [3.05, 3.63) is 32.6 Å². The average Bonchev–Trinajstić information content (AvgIpc) is 2.82. The van der Waals surface area contributed by atoms with E-state index in [0.717, 1.165) is 27.7 Å². The van der Waals surface area contributed by atoms with E-state index in [1.807, 2.05) is 24.7 Å². The van der Waals surface area contributed by atoms with Gasteiger partial charge in [0.05, 0.1) is 16.6 Å². The van der Waals surface area contributed by atoms with E-state index >= 15 is 0 Å². The SMILES string of the molecule is Cc1nn(C)c(N(C)Cc2ccc(Cl)s2)c1CBr. The number of thiophene rings is 1. The molecule has 0 bridgehead atoms. The van der Waals surface area contributed by atoms with Crippen molar-refractivity contribution in [3.8, 4) is 0 Å². The highest BCUT2D eigenvalue weighted by Gasteiger charge is 2.16. The van der Waals surface area contributed by atoms with Gasteiger partial charge in [-0.05, 0) is 19.1 Å². The van der Waals surface area contributed by atoms with Crippen molar-refractivity contribution in [2.45, 2.75) is 18.8 Å². The molecule has 2 heterocycles. The second-order valence-corrected chi connectivity index (χ2v) is 6.57. The quantitative estimate of drug-likeness (QED) is 0.779. The fourth-order valence-electron chi connectivity index (χ4n) is 2.07. The highest BCUT2D eigenvalue weighted by molar-refractivity contribution is 9.08. The third-order valence-electron chi connectivity index (χ3n) is 2.83. The Labute approximate surface area is 124 Å². The van der Waals surface area contributed by atoms with Gasteiger partial charge in [-0.3, -0.25) is 4.68 Å². The van der Waals surface area contributed by atoms with E-state index in [-0.39, 0.29) is 0 Å². The summed E-state index contributed by atoms with van der Waals surface area (Å²) in [5, 5.41) is 5.29. The Bertz CT molecular complexity index is 550. The van der Waals surface area contributed by atoms with Crippen LogP contribution in [0.5, 0.6) is 0 Å². The number of rotatable bonds is 4. The van der Waals surface area contributed by atoms with Gasteiger partial charge in [-0.1, -0.05) is 27.5 Å². The summed E-state index contributed by atoms with van der Waals surface area (Å²) >= 11 is 11.1. The number of hydrogen-bond acceptors (Lipinski definition) is 3. The van der Waals surface area contributed by atoms with Crippen molar-refractivity contribution in [2.24, 2.45) is 7.05 Å². The van der Waals surface area contributed by atoms with Crippen LogP contribution in [0.1, 0.15) is 16.1 Å². The van der Waals surface area contributed by atoms with Gasteiger partial charge < -0.3 is 4.90 Å². The second kappa shape index (κ2) is 5.63. The lowest BCUT2D eigenvalue weighted by atomic mass is 10.2. The smallest absolute Gasteiger partial charge is 0.130 e. The van der Waals surface area contributed by atoms with Gasteiger partial charge in [0, 0.05) is 29.9 Å². The van der Waals surface area contributed by atoms with Gasteiger partial charge in [-0.15, -0.1) is 11.3 Å².